The molecule has 1 unspecified atom stereocenters. The lowest BCUT2D eigenvalue weighted by Gasteiger charge is -2.28. The largest absolute Gasteiger partial charge is 0.485 e. The van der Waals surface area contributed by atoms with Gasteiger partial charge in [-0.05, 0) is 50.6 Å². The highest BCUT2D eigenvalue weighted by molar-refractivity contribution is 5.53. The van der Waals surface area contributed by atoms with E-state index in [-0.39, 0.29) is 17.5 Å². The predicted molar refractivity (Wildman–Crippen MR) is 78.6 cm³/mol. The Hall–Kier alpha value is -2.03. The Bertz CT molecular complexity index is 631. The summed E-state index contributed by atoms with van der Waals surface area (Å²) in [6.07, 6.45) is 0. The van der Waals surface area contributed by atoms with Crippen LogP contribution in [-0.4, -0.2) is 5.60 Å². The molecule has 0 aliphatic carbocycles. The van der Waals surface area contributed by atoms with Gasteiger partial charge in [-0.3, -0.25) is 0 Å². The molecule has 1 aliphatic heterocycles. The zero-order valence-electron chi connectivity index (χ0n) is 11.9. The van der Waals surface area contributed by atoms with Crippen molar-refractivity contribution in [2.45, 2.75) is 32.4 Å². The third-order valence-electron chi connectivity index (χ3n) is 3.65. The maximum atomic E-state index is 13.5. The molecule has 0 saturated carbocycles. The Morgan fingerprint density at radius 2 is 1.90 bits per heavy atom. The van der Waals surface area contributed by atoms with E-state index in [2.05, 4.69) is 5.32 Å². The Kier molecular flexibility index (Phi) is 2.93. The molecule has 0 spiro atoms. The number of hydrogen-bond acceptors (Lipinski definition) is 2. The topological polar surface area (TPSA) is 21.3 Å². The highest BCUT2D eigenvalue weighted by Crippen LogP contribution is 2.44. The highest BCUT2D eigenvalue weighted by Gasteiger charge is 2.40. The fraction of sp³-hybridized carbons (Fsp3) is 0.294. The van der Waals surface area contributed by atoms with E-state index in [0.717, 1.165) is 22.6 Å². The van der Waals surface area contributed by atoms with Gasteiger partial charge in [0.25, 0.3) is 0 Å². The second-order valence-corrected chi connectivity index (χ2v) is 5.84. The first kappa shape index (κ1) is 13.0. The molecular weight excluding hydrogens is 253 g/mol. The Balaban J connectivity index is 1.97. The first-order valence-corrected chi connectivity index (χ1v) is 6.77. The molecule has 20 heavy (non-hydrogen) atoms. The lowest BCUT2D eigenvalue weighted by atomic mass is 9.94. The normalized spacial score (nSPS) is 19.3. The number of hydrogen-bond donors (Lipinski definition) is 1. The van der Waals surface area contributed by atoms with Crippen molar-refractivity contribution < 1.29 is 9.13 Å². The van der Waals surface area contributed by atoms with E-state index < -0.39 is 0 Å². The summed E-state index contributed by atoms with van der Waals surface area (Å²) >= 11 is 0. The van der Waals surface area contributed by atoms with Crippen LogP contribution in [-0.2, 0) is 0 Å². The average Bonchev–Trinajstić information content (AvgIpc) is 2.59. The van der Waals surface area contributed by atoms with Crippen molar-refractivity contribution in [2.75, 3.05) is 5.32 Å². The van der Waals surface area contributed by atoms with Gasteiger partial charge in [0.05, 0.1) is 6.04 Å². The molecule has 1 heterocycles. The van der Waals surface area contributed by atoms with Crippen molar-refractivity contribution in [3.63, 3.8) is 0 Å². The maximum absolute atomic E-state index is 13.5. The van der Waals surface area contributed by atoms with Gasteiger partial charge in [-0.15, -0.1) is 0 Å². The summed E-state index contributed by atoms with van der Waals surface area (Å²) in [4.78, 5) is 0. The molecule has 2 nitrogen and oxygen atoms in total. The summed E-state index contributed by atoms with van der Waals surface area (Å²) in [6, 6.07) is 13.0. The summed E-state index contributed by atoms with van der Waals surface area (Å²) in [5.41, 5.74) is 2.42. The molecule has 0 aromatic heterocycles. The first-order valence-electron chi connectivity index (χ1n) is 6.77. The van der Waals surface area contributed by atoms with Crippen molar-refractivity contribution in [1.29, 1.82) is 0 Å². The number of benzene rings is 2. The zero-order valence-corrected chi connectivity index (χ0v) is 11.9. The SMILES string of the molecule is Cc1cc(F)cc(NC2c3ccccc3OC2(C)C)c1. The molecule has 0 saturated heterocycles. The van der Waals surface area contributed by atoms with E-state index in [4.69, 9.17) is 4.74 Å². The van der Waals surface area contributed by atoms with Crippen LogP contribution in [0, 0.1) is 12.7 Å². The molecule has 3 heteroatoms. The van der Waals surface area contributed by atoms with Crippen LogP contribution in [0.1, 0.15) is 31.0 Å². The average molecular weight is 271 g/mol. The van der Waals surface area contributed by atoms with E-state index in [1.807, 2.05) is 51.1 Å². The molecule has 0 radical (unpaired) electrons. The monoisotopic (exact) mass is 271 g/mol. The zero-order chi connectivity index (χ0) is 14.3. The minimum atomic E-state index is -0.371. The minimum absolute atomic E-state index is 0.0000926. The number of halogens is 1. The number of aryl methyl sites for hydroxylation is 1. The van der Waals surface area contributed by atoms with Crippen LogP contribution in [0.2, 0.25) is 0 Å². The Labute approximate surface area is 118 Å². The van der Waals surface area contributed by atoms with Gasteiger partial charge in [-0.25, -0.2) is 4.39 Å². The summed E-state index contributed by atoms with van der Waals surface area (Å²) in [6.45, 7) is 5.96. The van der Waals surface area contributed by atoms with Gasteiger partial charge < -0.3 is 10.1 Å². The Morgan fingerprint density at radius 3 is 2.65 bits per heavy atom. The number of anilines is 1. The van der Waals surface area contributed by atoms with Crippen molar-refractivity contribution >= 4 is 5.69 Å². The first-order chi connectivity index (χ1) is 9.45. The number of para-hydroxylation sites is 1. The number of rotatable bonds is 2. The van der Waals surface area contributed by atoms with Crippen LogP contribution in [0.4, 0.5) is 10.1 Å². The molecule has 104 valence electrons. The van der Waals surface area contributed by atoms with Gasteiger partial charge in [0.15, 0.2) is 0 Å². The minimum Gasteiger partial charge on any atom is -0.485 e. The number of fused-ring (bicyclic) bond motifs is 1. The molecule has 0 fully saturated rings. The number of ether oxygens (including phenoxy) is 1. The summed E-state index contributed by atoms with van der Waals surface area (Å²) in [5, 5.41) is 3.40. The van der Waals surface area contributed by atoms with Crippen molar-refractivity contribution in [2.24, 2.45) is 0 Å². The highest BCUT2D eigenvalue weighted by atomic mass is 19.1. The molecule has 0 bridgehead atoms. The van der Waals surface area contributed by atoms with Gasteiger partial charge in [0.2, 0.25) is 0 Å². The van der Waals surface area contributed by atoms with E-state index in [0.29, 0.717) is 0 Å². The smallest absolute Gasteiger partial charge is 0.128 e. The predicted octanol–water partition coefficient (Wildman–Crippen LogP) is 4.46. The van der Waals surface area contributed by atoms with Crippen LogP contribution in [0.15, 0.2) is 42.5 Å². The summed E-state index contributed by atoms with van der Waals surface area (Å²) < 4.78 is 19.5. The molecule has 3 rings (SSSR count). The lowest BCUT2D eigenvalue weighted by Crippen LogP contribution is -2.34. The van der Waals surface area contributed by atoms with E-state index in [1.54, 1.807) is 0 Å². The third kappa shape index (κ3) is 2.24. The molecule has 0 amide bonds. The molecule has 2 aromatic carbocycles. The Morgan fingerprint density at radius 1 is 1.15 bits per heavy atom. The van der Waals surface area contributed by atoms with E-state index in [1.165, 1.54) is 12.1 Å². The summed E-state index contributed by atoms with van der Waals surface area (Å²) in [7, 11) is 0. The van der Waals surface area contributed by atoms with Crippen LogP contribution < -0.4 is 10.1 Å². The van der Waals surface area contributed by atoms with Gasteiger partial charge in [-0.1, -0.05) is 18.2 Å². The second kappa shape index (κ2) is 4.51. The quantitative estimate of drug-likeness (QED) is 0.870. The van der Waals surface area contributed by atoms with Crippen LogP contribution in [0.3, 0.4) is 0 Å². The fourth-order valence-electron chi connectivity index (χ4n) is 2.77. The molecule has 2 aromatic rings. The van der Waals surface area contributed by atoms with Crippen molar-refractivity contribution in [3.8, 4) is 5.75 Å². The standard InChI is InChI=1S/C17H18FNO/c1-11-8-12(18)10-13(9-11)19-16-14-6-4-5-7-15(14)20-17(16,2)3/h4-10,16,19H,1-3H3. The van der Waals surface area contributed by atoms with Crippen molar-refractivity contribution in [1.82, 2.24) is 0 Å². The second-order valence-electron chi connectivity index (χ2n) is 5.84. The van der Waals surface area contributed by atoms with Gasteiger partial charge in [0, 0.05) is 11.3 Å². The van der Waals surface area contributed by atoms with E-state index >= 15 is 0 Å². The third-order valence-corrected chi connectivity index (χ3v) is 3.65. The van der Waals surface area contributed by atoms with Crippen LogP contribution in [0.25, 0.3) is 0 Å². The maximum Gasteiger partial charge on any atom is 0.128 e. The molecule has 1 atom stereocenters. The number of nitrogens with one attached hydrogen (secondary N) is 1. The fourth-order valence-corrected chi connectivity index (χ4v) is 2.77. The van der Waals surface area contributed by atoms with Gasteiger partial charge >= 0.3 is 0 Å². The van der Waals surface area contributed by atoms with Gasteiger partial charge in [-0.2, -0.15) is 0 Å². The van der Waals surface area contributed by atoms with E-state index in [9.17, 15) is 4.39 Å². The molecule has 1 N–H and O–H groups in total. The van der Waals surface area contributed by atoms with Crippen LogP contribution >= 0.6 is 0 Å². The lowest BCUT2D eigenvalue weighted by molar-refractivity contribution is 0.118. The molecule has 1 aliphatic rings. The molecular formula is C17H18FNO. The van der Waals surface area contributed by atoms with Gasteiger partial charge in [0.1, 0.15) is 17.2 Å². The van der Waals surface area contributed by atoms with Crippen molar-refractivity contribution in [3.05, 3.63) is 59.4 Å². The summed E-state index contributed by atoms with van der Waals surface area (Å²) in [5.74, 6) is 0.667. The van der Waals surface area contributed by atoms with Crippen LogP contribution in [0.5, 0.6) is 5.75 Å².